The molecule has 0 radical (unpaired) electrons. The third kappa shape index (κ3) is 2.86. The fourth-order valence-electron chi connectivity index (χ4n) is 3.83. The average Bonchev–Trinajstić information content (AvgIpc) is 2.39. The zero-order valence-electron chi connectivity index (χ0n) is 12.7. The summed E-state index contributed by atoms with van der Waals surface area (Å²) < 4.78 is 0. The molecule has 3 heteroatoms. The normalized spacial score (nSPS) is 19.6. The van der Waals surface area contributed by atoms with Gasteiger partial charge in [0, 0.05) is 22.0 Å². The second-order valence-corrected chi connectivity index (χ2v) is 7.09. The molecule has 0 unspecified atom stereocenters. The number of halogens is 2. The first-order valence-corrected chi connectivity index (χ1v) is 8.43. The Bertz CT molecular complexity index is 458. The van der Waals surface area contributed by atoms with Crippen LogP contribution in [-0.4, -0.2) is 13.1 Å². The van der Waals surface area contributed by atoms with Gasteiger partial charge in [-0.25, -0.2) is 0 Å². The molecule has 0 amide bonds. The van der Waals surface area contributed by atoms with Gasteiger partial charge < -0.3 is 5.32 Å². The average molecular weight is 314 g/mol. The number of hydrogen-bond donors (Lipinski definition) is 1. The molecular formula is C17H25Cl2N. The second-order valence-electron chi connectivity index (χ2n) is 6.25. The van der Waals surface area contributed by atoms with Gasteiger partial charge in [0.2, 0.25) is 0 Å². The Labute approximate surface area is 133 Å². The van der Waals surface area contributed by atoms with Crippen molar-refractivity contribution in [3.8, 4) is 0 Å². The largest absolute Gasteiger partial charge is 0.316 e. The van der Waals surface area contributed by atoms with Gasteiger partial charge in [0.05, 0.1) is 0 Å². The van der Waals surface area contributed by atoms with Crippen LogP contribution in [0.5, 0.6) is 0 Å². The Morgan fingerprint density at radius 3 is 2.25 bits per heavy atom. The van der Waals surface area contributed by atoms with Crippen LogP contribution in [0.3, 0.4) is 0 Å². The first-order chi connectivity index (χ1) is 9.51. The molecule has 2 rings (SSSR count). The maximum atomic E-state index is 6.47. The molecular weight excluding hydrogens is 289 g/mol. The lowest BCUT2D eigenvalue weighted by atomic mass is 9.48. The number of likely N-dealkylation sites (N-methyl/N-ethyl adjacent to an activating group) is 1. The first-order valence-electron chi connectivity index (χ1n) is 7.67. The van der Waals surface area contributed by atoms with E-state index in [1.165, 1.54) is 31.2 Å². The molecule has 0 atom stereocenters. The van der Waals surface area contributed by atoms with Gasteiger partial charge in [-0.05, 0) is 42.5 Å². The molecule has 112 valence electrons. The zero-order chi connectivity index (χ0) is 14.8. The van der Waals surface area contributed by atoms with Gasteiger partial charge in [-0.1, -0.05) is 62.9 Å². The summed E-state index contributed by atoms with van der Waals surface area (Å²) in [5.74, 6) is 0. The third-order valence-electron chi connectivity index (χ3n) is 5.14. The van der Waals surface area contributed by atoms with E-state index in [0.29, 0.717) is 10.4 Å². The lowest BCUT2D eigenvalue weighted by Crippen LogP contribution is -2.54. The summed E-state index contributed by atoms with van der Waals surface area (Å²) in [6, 6.07) is 5.97. The Morgan fingerprint density at radius 1 is 1.10 bits per heavy atom. The highest BCUT2D eigenvalue weighted by molar-refractivity contribution is 6.35. The quantitative estimate of drug-likeness (QED) is 0.737. The van der Waals surface area contributed by atoms with Gasteiger partial charge >= 0.3 is 0 Å². The van der Waals surface area contributed by atoms with Crippen LogP contribution in [0.1, 0.15) is 52.0 Å². The molecule has 1 N–H and O–H groups in total. The van der Waals surface area contributed by atoms with Crippen LogP contribution >= 0.6 is 23.2 Å². The SMILES string of the molecule is CCNCC1(c2ccc(Cl)cc2Cl)CC(CC)(CC)C1. The lowest BCUT2D eigenvalue weighted by molar-refractivity contribution is 0.0133. The summed E-state index contributed by atoms with van der Waals surface area (Å²) >= 11 is 12.5. The molecule has 0 heterocycles. The van der Waals surface area contributed by atoms with Crippen molar-refractivity contribution in [3.05, 3.63) is 33.8 Å². The zero-order valence-corrected chi connectivity index (χ0v) is 14.2. The van der Waals surface area contributed by atoms with E-state index in [0.717, 1.165) is 18.1 Å². The summed E-state index contributed by atoms with van der Waals surface area (Å²) in [5.41, 5.74) is 1.95. The van der Waals surface area contributed by atoms with E-state index >= 15 is 0 Å². The minimum atomic E-state index is 0.184. The molecule has 1 aliphatic carbocycles. The monoisotopic (exact) mass is 313 g/mol. The summed E-state index contributed by atoms with van der Waals surface area (Å²) in [7, 11) is 0. The van der Waals surface area contributed by atoms with Crippen LogP contribution < -0.4 is 5.32 Å². The number of hydrogen-bond acceptors (Lipinski definition) is 1. The molecule has 1 nitrogen and oxygen atoms in total. The molecule has 1 aromatic rings. The van der Waals surface area contributed by atoms with E-state index in [2.05, 4.69) is 32.2 Å². The van der Waals surface area contributed by atoms with Crippen LogP contribution in [0.4, 0.5) is 0 Å². The fraction of sp³-hybridized carbons (Fsp3) is 0.647. The smallest absolute Gasteiger partial charge is 0.0458 e. The van der Waals surface area contributed by atoms with Crippen molar-refractivity contribution in [1.29, 1.82) is 0 Å². The molecule has 20 heavy (non-hydrogen) atoms. The molecule has 1 fully saturated rings. The topological polar surface area (TPSA) is 12.0 Å². The molecule has 0 aliphatic heterocycles. The summed E-state index contributed by atoms with van der Waals surface area (Å²) in [5, 5.41) is 5.06. The second kappa shape index (κ2) is 6.25. The first kappa shape index (κ1) is 16.1. The van der Waals surface area contributed by atoms with Gasteiger partial charge in [-0.2, -0.15) is 0 Å². The Morgan fingerprint density at radius 2 is 1.75 bits per heavy atom. The summed E-state index contributed by atoms with van der Waals surface area (Å²) in [6.45, 7) is 8.78. The van der Waals surface area contributed by atoms with Gasteiger partial charge in [0.25, 0.3) is 0 Å². The Balaban J connectivity index is 2.30. The Hall–Kier alpha value is -0.240. The standard InChI is InChI=1S/C17H25Cl2N/c1-4-16(5-2)10-17(11-16,12-20-6-3)14-8-7-13(18)9-15(14)19/h7-9,20H,4-6,10-12H2,1-3H3. The fourth-order valence-corrected chi connectivity index (χ4v) is 4.44. The maximum absolute atomic E-state index is 6.47. The molecule has 1 saturated carbocycles. The van der Waals surface area contributed by atoms with E-state index < -0.39 is 0 Å². The van der Waals surface area contributed by atoms with Gasteiger partial charge in [-0.3, -0.25) is 0 Å². The van der Waals surface area contributed by atoms with Gasteiger partial charge in [0.15, 0.2) is 0 Å². The van der Waals surface area contributed by atoms with Crippen molar-refractivity contribution < 1.29 is 0 Å². The molecule has 1 aromatic carbocycles. The minimum absolute atomic E-state index is 0.184. The van der Waals surface area contributed by atoms with E-state index in [4.69, 9.17) is 23.2 Å². The number of rotatable bonds is 6. The van der Waals surface area contributed by atoms with Crippen LogP contribution in [0, 0.1) is 5.41 Å². The highest BCUT2D eigenvalue weighted by Crippen LogP contribution is 2.60. The van der Waals surface area contributed by atoms with Crippen molar-refractivity contribution >= 4 is 23.2 Å². The number of benzene rings is 1. The highest BCUT2D eigenvalue weighted by Gasteiger charge is 2.53. The molecule has 0 spiro atoms. The third-order valence-corrected chi connectivity index (χ3v) is 5.69. The van der Waals surface area contributed by atoms with Crippen molar-refractivity contribution in [2.75, 3.05) is 13.1 Å². The van der Waals surface area contributed by atoms with Crippen LogP contribution in [0.25, 0.3) is 0 Å². The predicted octanol–water partition coefficient (Wildman–Crippen LogP) is 5.44. The maximum Gasteiger partial charge on any atom is 0.0458 e. The van der Waals surface area contributed by atoms with Crippen molar-refractivity contribution in [1.82, 2.24) is 5.32 Å². The van der Waals surface area contributed by atoms with E-state index in [-0.39, 0.29) is 5.41 Å². The van der Waals surface area contributed by atoms with E-state index in [1.54, 1.807) is 0 Å². The predicted molar refractivity (Wildman–Crippen MR) is 88.9 cm³/mol. The molecule has 0 saturated heterocycles. The Kier molecular flexibility index (Phi) is 5.05. The van der Waals surface area contributed by atoms with Gasteiger partial charge in [-0.15, -0.1) is 0 Å². The van der Waals surface area contributed by atoms with Crippen LogP contribution in [-0.2, 0) is 5.41 Å². The van der Waals surface area contributed by atoms with Crippen LogP contribution in [0.15, 0.2) is 18.2 Å². The summed E-state index contributed by atoms with van der Waals surface area (Å²) in [4.78, 5) is 0. The van der Waals surface area contributed by atoms with E-state index in [1.807, 2.05) is 12.1 Å². The van der Waals surface area contributed by atoms with E-state index in [9.17, 15) is 0 Å². The number of nitrogens with one attached hydrogen (secondary N) is 1. The van der Waals surface area contributed by atoms with Crippen LogP contribution in [0.2, 0.25) is 10.0 Å². The minimum Gasteiger partial charge on any atom is -0.316 e. The van der Waals surface area contributed by atoms with Crippen molar-refractivity contribution in [3.63, 3.8) is 0 Å². The molecule has 0 aromatic heterocycles. The lowest BCUT2D eigenvalue weighted by Gasteiger charge is -2.57. The summed E-state index contributed by atoms with van der Waals surface area (Å²) in [6.07, 6.45) is 4.95. The van der Waals surface area contributed by atoms with Crippen molar-refractivity contribution in [2.45, 2.75) is 51.9 Å². The molecule has 1 aliphatic rings. The van der Waals surface area contributed by atoms with Gasteiger partial charge in [0.1, 0.15) is 0 Å². The molecule has 0 bridgehead atoms. The van der Waals surface area contributed by atoms with Crippen molar-refractivity contribution in [2.24, 2.45) is 5.41 Å². The highest BCUT2D eigenvalue weighted by atomic mass is 35.5.